The zero-order chi connectivity index (χ0) is 34.9. The van der Waals surface area contributed by atoms with Crippen LogP contribution in [-0.4, -0.2) is 48.6 Å². The van der Waals surface area contributed by atoms with Crippen LogP contribution in [0.2, 0.25) is 0 Å². The lowest BCUT2D eigenvalue weighted by molar-refractivity contribution is -0.166. The normalized spacial score (nSPS) is 25.8. The Morgan fingerprint density at radius 3 is 1.31 bits per heavy atom. The number of carbonyl (C=O) groups excluding carboxylic acids is 2. The summed E-state index contributed by atoms with van der Waals surface area (Å²) in [6.07, 6.45) is 35.3. The monoisotopic (exact) mass is 691 g/mol. The zero-order valence-electron chi connectivity index (χ0n) is 32.2. The number of hydrogen-bond acceptors (Lipinski definition) is 6. The molecule has 286 valence electrons. The van der Waals surface area contributed by atoms with Crippen molar-refractivity contribution in [3.8, 4) is 0 Å². The fourth-order valence-electron chi connectivity index (χ4n) is 8.32. The van der Waals surface area contributed by atoms with Crippen molar-refractivity contribution in [2.24, 2.45) is 23.7 Å². The van der Waals surface area contributed by atoms with Crippen LogP contribution in [0.25, 0.3) is 0 Å². The first-order chi connectivity index (χ1) is 24.0. The molecule has 2 saturated carbocycles. The van der Waals surface area contributed by atoms with Gasteiger partial charge in [-0.05, 0) is 49.4 Å². The van der Waals surface area contributed by atoms with Crippen molar-refractivity contribution in [2.45, 2.75) is 225 Å². The minimum Gasteiger partial charge on any atom is -0.456 e. The Bertz CT molecular complexity index is 846. The lowest BCUT2D eigenvalue weighted by Crippen LogP contribution is -2.39. The van der Waals surface area contributed by atoms with Gasteiger partial charge in [-0.2, -0.15) is 0 Å². The third kappa shape index (κ3) is 19.3. The summed E-state index contributed by atoms with van der Waals surface area (Å²) < 4.78 is 17.0. The van der Waals surface area contributed by atoms with Gasteiger partial charge in [0, 0.05) is 12.8 Å². The van der Waals surface area contributed by atoms with Crippen LogP contribution in [0, 0.1) is 23.7 Å². The number of carbonyl (C=O) groups is 2. The Labute approximate surface area is 302 Å². The smallest absolute Gasteiger partial charge is 0.306 e. The molecule has 1 aliphatic heterocycles. The Hall–Kier alpha value is -1.14. The second-order valence-electron chi connectivity index (χ2n) is 16.3. The number of unbranched alkanes of at least 4 members (excludes halogenated alkanes) is 18. The summed E-state index contributed by atoms with van der Waals surface area (Å²) in [4.78, 5) is 25.2. The fraction of sp³-hybridized carbons (Fsp3) is 0.953. The number of aliphatic hydroxyl groups excluding tert-OH is 1. The average molecular weight is 691 g/mol. The number of esters is 2. The van der Waals surface area contributed by atoms with Crippen molar-refractivity contribution < 1.29 is 28.9 Å². The molecular weight excluding hydrogens is 612 g/mol. The Morgan fingerprint density at radius 2 is 0.898 bits per heavy atom. The third-order valence-electron chi connectivity index (χ3n) is 11.8. The van der Waals surface area contributed by atoms with E-state index in [1.165, 1.54) is 148 Å². The second kappa shape index (κ2) is 26.6. The van der Waals surface area contributed by atoms with Crippen LogP contribution in [-0.2, 0) is 23.8 Å². The van der Waals surface area contributed by atoms with Crippen LogP contribution in [0.4, 0.5) is 0 Å². The largest absolute Gasteiger partial charge is 0.456 e. The molecule has 0 radical (unpaired) electrons. The maximum atomic E-state index is 12.6. The van der Waals surface area contributed by atoms with Gasteiger partial charge in [0.05, 0.1) is 13.2 Å². The van der Waals surface area contributed by atoms with E-state index in [1.54, 1.807) is 0 Å². The minimum atomic E-state index is -0.725. The highest BCUT2D eigenvalue weighted by Crippen LogP contribution is 2.46. The SMILES string of the molecule is CCCCCCCCC1CC1CCCCCCCC(=O)O[C@@H]1[C@@H](OC(=O)CCCCCCCC2CC2CCCCCCCC)CO[C@@H]1CO. The highest BCUT2D eigenvalue weighted by Gasteiger charge is 2.42. The van der Waals surface area contributed by atoms with Gasteiger partial charge in [0.2, 0.25) is 0 Å². The van der Waals surface area contributed by atoms with E-state index in [9.17, 15) is 14.7 Å². The van der Waals surface area contributed by atoms with Gasteiger partial charge < -0.3 is 19.3 Å². The summed E-state index contributed by atoms with van der Waals surface area (Å²) in [6, 6.07) is 0. The van der Waals surface area contributed by atoms with Crippen LogP contribution in [0.3, 0.4) is 0 Å². The first kappa shape index (κ1) is 42.3. The molecule has 2 aliphatic carbocycles. The summed E-state index contributed by atoms with van der Waals surface area (Å²) in [5, 5.41) is 9.75. The minimum absolute atomic E-state index is 0.163. The molecule has 0 aromatic rings. The van der Waals surface area contributed by atoms with Crippen molar-refractivity contribution in [1.82, 2.24) is 0 Å². The molecule has 3 fully saturated rings. The summed E-state index contributed by atoms with van der Waals surface area (Å²) in [7, 11) is 0. The van der Waals surface area contributed by atoms with Gasteiger partial charge in [-0.15, -0.1) is 0 Å². The maximum absolute atomic E-state index is 12.6. The number of hydrogen-bond donors (Lipinski definition) is 1. The van der Waals surface area contributed by atoms with Crippen molar-refractivity contribution in [3.63, 3.8) is 0 Å². The first-order valence-electron chi connectivity index (χ1n) is 21.7. The Balaban J connectivity index is 1.12. The van der Waals surface area contributed by atoms with E-state index in [4.69, 9.17) is 14.2 Å². The van der Waals surface area contributed by atoms with Gasteiger partial charge in [-0.3, -0.25) is 9.59 Å². The molecule has 49 heavy (non-hydrogen) atoms. The van der Waals surface area contributed by atoms with E-state index in [0.29, 0.717) is 12.8 Å². The van der Waals surface area contributed by atoms with Crippen LogP contribution in [0.1, 0.15) is 206 Å². The summed E-state index contributed by atoms with van der Waals surface area (Å²) in [6.45, 7) is 4.47. The van der Waals surface area contributed by atoms with Crippen molar-refractivity contribution in [1.29, 1.82) is 0 Å². The highest BCUT2D eigenvalue weighted by molar-refractivity contribution is 5.70. The van der Waals surface area contributed by atoms with Crippen LogP contribution in [0.5, 0.6) is 0 Å². The molecule has 6 nitrogen and oxygen atoms in total. The molecule has 0 bridgehead atoms. The highest BCUT2D eigenvalue weighted by atomic mass is 16.6. The quantitative estimate of drug-likeness (QED) is 0.0545. The lowest BCUT2D eigenvalue weighted by Gasteiger charge is -2.22. The molecule has 0 aromatic carbocycles. The van der Waals surface area contributed by atoms with E-state index in [2.05, 4.69) is 13.8 Å². The van der Waals surface area contributed by atoms with E-state index in [-0.39, 0.29) is 25.2 Å². The van der Waals surface area contributed by atoms with Crippen molar-refractivity contribution in [3.05, 3.63) is 0 Å². The molecule has 0 aromatic heterocycles. The van der Waals surface area contributed by atoms with Crippen molar-refractivity contribution >= 4 is 11.9 Å². The topological polar surface area (TPSA) is 82.1 Å². The predicted molar refractivity (Wildman–Crippen MR) is 200 cm³/mol. The number of rotatable bonds is 33. The van der Waals surface area contributed by atoms with Gasteiger partial charge in [-0.25, -0.2) is 0 Å². The van der Waals surface area contributed by atoms with Crippen LogP contribution < -0.4 is 0 Å². The van der Waals surface area contributed by atoms with E-state index in [1.807, 2.05) is 0 Å². The predicted octanol–water partition coefficient (Wildman–Crippen LogP) is 11.4. The van der Waals surface area contributed by atoms with E-state index >= 15 is 0 Å². The van der Waals surface area contributed by atoms with Crippen molar-refractivity contribution in [2.75, 3.05) is 13.2 Å². The maximum Gasteiger partial charge on any atom is 0.306 e. The molecule has 0 spiro atoms. The Morgan fingerprint density at radius 1 is 0.531 bits per heavy atom. The second-order valence-corrected chi connectivity index (χ2v) is 16.3. The standard InChI is InChI=1S/C43H78O6/c1-3-5-7-9-13-19-25-35-31-37(35)27-21-15-11-17-23-29-41(45)48-40-34-47-39(33-44)43(40)49-42(46)30-24-18-12-16-22-28-38-32-36(38)26-20-14-10-8-6-4-2/h35-40,43-44H,3-34H2,1-2H3/t35?,36?,37?,38?,39-,40+,43+/m1/s1. The number of ether oxygens (including phenoxy) is 3. The molecule has 7 atom stereocenters. The van der Waals surface area contributed by atoms with Gasteiger partial charge in [0.1, 0.15) is 6.10 Å². The Kier molecular flexibility index (Phi) is 23.0. The summed E-state index contributed by atoms with van der Waals surface area (Å²) >= 11 is 0. The van der Waals surface area contributed by atoms with Gasteiger partial charge in [0.25, 0.3) is 0 Å². The molecule has 4 unspecified atom stereocenters. The zero-order valence-corrected chi connectivity index (χ0v) is 32.2. The summed E-state index contributed by atoms with van der Waals surface area (Å²) in [5.41, 5.74) is 0. The molecular formula is C43H78O6. The average Bonchev–Trinajstić information content (AvgIpc) is 4.00. The molecule has 1 N–H and O–H groups in total. The molecule has 1 heterocycles. The summed E-state index contributed by atoms with van der Waals surface area (Å²) in [5.74, 6) is 3.43. The molecule has 3 rings (SSSR count). The van der Waals surface area contributed by atoms with E-state index < -0.39 is 18.3 Å². The van der Waals surface area contributed by atoms with E-state index in [0.717, 1.165) is 55.8 Å². The van der Waals surface area contributed by atoms with Gasteiger partial charge >= 0.3 is 11.9 Å². The number of aliphatic hydroxyl groups is 1. The fourth-order valence-corrected chi connectivity index (χ4v) is 8.32. The molecule has 3 aliphatic rings. The lowest BCUT2D eigenvalue weighted by atomic mass is 10.0. The first-order valence-corrected chi connectivity index (χ1v) is 21.7. The van der Waals surface area contributed by atoms with Gasteiger partial charge in [-0.1, -0.05) is 168 Å². The third-order valence-corrected chi connectivity index (χ3v) is 11.8. The van der Waals surface area contributed by atoms with Gasteiger partial charge in [0.15, 0.2) is 12.2 Å². The molecule has 0 amide bonds. The van der Waals surface area contributed by atoms with Crippen LogP contribution in [0.15, 0.2) is 0 Å². The van der Waals surface area contributed by atoms with Crippen LogP contribution >= 0.6 is 0 Å². The molecule has 6 heteroatoms. The molecule has 1 saturated heterocycles.